The first kappa shape index (κ1) is 40.0. The van der Waals surface area contributed by atoms with Crippen molar-refractivity contribution in [2.75, 3.05) is 26.2 Å². The van der Waals surface area contributed by atoms with E-state index in [1.165, 1.54) is 13.1 Å². The molecule has 0 radical (unpaired) electrons. The van der Waals surface area contributed by atoms with Gasteiger partial charge in [0.2, 0.25) is 0 Å². The highest BCUT2D eigenvalue weighted by Crippen LogP contribution is 2.39. The van der Waals surface area contributed by atoms with Gasteiger partial charge in [0, 0.05) is 55.8 Å². The molecule has 290 valence electrons. The van der Waals surface area contributed by atoms with Crippen molar-refractivity contribution >= 4 is 17.6 Å². The number of likely N-dealkylation sites (tertiary alicyclic amines) is 1. The summed E-state index contributed by atoms with van der Waals surface area (Å²) in [5.41, 5.74) is 6.88. The van der Waals surface area contributed by atoms with E-state index in [1.54, 1.807) is 24.4 Å². The zero-order valence-corrected chi connectivity index (χ0v) is 32.3. The molecule has 3 aromatic carbocycles. The van der Waals surface area contributed by atoms with Crippen LogP contribution < -0.4 is 19.5 Å². The lowest BCUT2D eigenvalue weighted by Gasteiger charge is -2.20. The van der Waals surface area contributed by atoms with Gasteiger partial charge in [-0.05, 0) is 97.9 Å². The van der Waals surface area contributed by atoms with Crippen LogP contribution in [0.2, 0.25) is 5.02 Å². The molecule has 2 fully saturated rings. The number of carboxylic acids is 1. The maximum atomic E-state index is 11.7. The molecular formula is C43H49ClN4O7. The second-order valence-electron chi connectivity index (χ2n) is 14.7. The van der Waals surface area contributed by atoms with Crippen molar-refractivity contribution < 1.29 is 34.3 Å². The molecule has 11 nitrogen and oxygen atoms in total. The Balaban J connectivity index is 1.13. The Hall–Kier alpha value is -4.70. The van der Waals surface area contributed by atoms with E-state index in [0.717, 1.165) is 72.5 Å². The number of nitrogens with one attached hydrogen (secondary N) is 1. The van der Waals surface area contributed by atoms with Crippen molar-refractivity contribution in [1.82, 2.24) is 15.2 Å². The van der Waals surface area contributed by atoms with Crippen LogP contribution >= 0.6 is 11.6 Å². The van der Waals surface area contributed by atoms with E-state index in [0.29, 0.717) is 51.7 Å². The van der Waals surface area contributed by atoms with Crippen LogP contribution in [0.1, 0.15) is 59.6 Å². The minimum atomic E-state index is -1.21. The van der Waals surface area contributed by atoms with E-state index in [2.05, 4.69) is 47.3 Å². The van der Waals surface area contributed by atoms with Crippen molar-refractivity contribution in [1.29, 1.82) is 5.26 Å². The van der Waals surface area contributed by atoms with Gasteiger partial charge in [-0.15, -0.1) is 0 Å². The molecule has 2 aliphatic rings. The van der Waals surface area contributed by atoms with Crippen molar-refractivity contribution in [2.24, 2.45) is 11.8 Å². The van der Waals surface area contributed by atoms with Crippen LogP contribution in [0.25, 0.3) is 11.1 Å². The standard InChI is InChI=1S/C43H49ClN4O7/c1-26-31(7-4-8-36(26)37-9-5-10-39(27(37)2)53-12-6-11-48-22-33-14-35(50)15-34(33)23-48)25-55-41-17-40(54-24-30-13-29(18-45)19-46-20-30)32(16-38(41)44)21-47-42(28(3)49)43(51)52/h4-5,7-10,13,16-17,19-20,28,33-35,42,47,49-50H,6,11-12,14-15,21-25H2,1-3H3,(H,51,52)/t28?,33?,34?,35?,42-/m0/s1. The Morgan fingerprint density at radius 3 is 2.38 bits per heavy atom. The van der Waals surface area contributed by atoms with Crippen LogP contribution in [0.5, 0.6) is 17.2 Å². The first-order valence-electron chi connectivity index (χ1n) is 18.8. The first-order valence-corrected chi connectivity index (χ1v) is 19.2. The summed E-state index contributed by atoms with van der Waals surface area (Å²) in [6.45, 7) is 9.71. The van der Waals surface area contributed by atoms with E-state index >= 15 is 0 Å². The molecule has 4 N–H and O–H groups in total. The summed E-state index contributed by atoms with van der Waals surface area (Å²) in [5, 5.41) is 42.0. The molecular weight excluding hydrogens is 720 g/mol. The Labute approximate surface area is 327 Å². The number of rotatable bonds is 17. The fraction of sp³-hybridized carbons (Fsp3) is 0.419. The van der Waals surface area contributed by atoms with Gasteiger partial charge in [-0.2, -0.15) is 5.26 Å². The average molecular weight is 769 g/mol. The summed E-state index contributed by atoms with van der Waals surface area (Å²) in [6.07, 6.45) is 4.64. The largest absolute Gasteiger partial charge is 0.493 e. The number of hydrogen-bond acceptors (Lipinski definition) is 10. The number of fused-ring (bicyclic) bond motifs is 1. The third kappa shape index (κ3) is 9.95. The maximum Gasteiger partial charge on any atom is 0.323 e. The topological polar surface area (TPSA) is 157 Å². The molecule has 1 saturated carbocycles. The van der Waals surface area contributed by atoms with Crippen molar-refractivity contribution in [2.45, 2.75) is 78.0 Å². The van der Waals surface area contributed by atoms with E-state index in [9.17, 15) is 25.4 Å². The third-order valence-corrected chi connectivity index (χ3v) is 11.1. The molecule has 12 heteroatoms. The minimum absolute atomic E-state index is 0.0437. The zero-order valence-electron chi connectivity index (χ0n) is 31.5. The van der Waals surface area contributed by atoms with Gasteiger partial charge in [0.05, 0.1) is 29.4 Å². The number of benzene rings is 3. The Morgan fingerprint density at radius 2 is 1.67 bits per heavy atom. The SMILES string of the molecule is Cc1c(COc2cc(OCc3cncc(C#N)c3)c(CN[C@H](C(=O)O)C(C)O)cc2Cl)cccc1-c1cccc(OCCCN2CC3CC(O)CC3C2)c1C. The van der Waals surface area contributed by atoms with E-state index in [-0.39, 0.29) is 25.9 Å². The molecule has 0 spiro atoms. The highest BCUT2D eigenvalue weighted by atomic mass is 35.5. The van der Waals surface area contributed by atoms with Crippen LogP contribution in [0, 0.1) is 37.0 Å². The normalized spacial score (nSPS) is 19.0. The zero-order chi connectivity index (χ0) is 39.1. The number of nitrogens with zero attached hydrogens (tertiary/aromatic N) is 3. The number of aliphatic hydroxyl groups is 2. The fourth-order valence-corrected chi connectivity index (χ4v) is 8.04. The molecule has 4 atom stereocenters. The molecule has 1 aliphatic carbocycles. The molecule has 2 heterocycles. The lowest BCUT2D eigenvalue weighted by molar-refractivity contribution is -0.142. The predicted molar refractivity (Wildman–Crippen MR) is 209 cm³/mol. The number of aliphatic hydroxyl groups excluding tert-OH is 2. The van der Waals surface area contributed by atoms with Crippen LogP contribution in [0.15, 0.2) is 67.0 Å². The van der Waals surface area contributed by atoms with Crippen molar-refractivity contribution in [3.63, 3.8) is 0 Å². The quantitative estimate of drug-likeness (QED) is 0.0877. The summed E-state index contributed by atoms with van der Waals surface area (Å²) >= 11 is 6.74. The van der Waals surface area contributed by atoms with Gasteiger partial charge in [0.15, 0.2) is 0 Å². The number of carbonyl (C=O) groups is 1. The van der Waals surface area contributed by atoms with Crippen LogP contribution in [-0.4, -0.2) is 75.7 Å². The monoisotopic (exact) mass is 768 g/mol. The van der Waals surface area contributed by atoms with Gasteiger partial charge < -0.3 is 34.4 Å². The van der Waals surface area contributed by atoms with Crippen LogP contribution in [0.3, 0.4) is 0 Å². The second-order valence-corrected chi connectivity index (χ2v) is 15.1. The highest BCUT2D eigenvalue weighted by Gasteiger charge is 2.39. The molecule has 0 amide bonds. The molecule has 3 unspecified atom stereocenters. The number of aliphatic carboxylic acids is 1. The summed E-state index contributed by atoms with van der Waals surface area (Å²) < 4.78 is 18.8. The smallest absolute Gasteiger partial charge is 0.323 e. The second kappa shape index (κ2) is 18.3. The van der Waals surface area contributed by atoms with Gasteiger partial charge in [-0.3, -0.25) is 15.1 Å². The van der Waals surface area contributed by atoms with Gasteiger partial charge in [-0.1, -0.05) is 41.9 Å². The molecule has 1 aromatic heterocycles. The number of carboxylic acid groups (broad SMARTS) is 1. The number of pyridine rings is 1. The van der Waals surface area contributed by atoms with Crippen LogP contribution in [-0.2, 0) is 24.6 Å². The summed E-state index contributed by atoms with van der Waals surface area (Å²) in [4.78, 5) is 18.3. The van der Waals surface area contributed by atoms with Gasteiger partial charge in [0.1, 0.15) is 42.6 Å². The number of aromatic nitrogens is 1. The Bertz CT molecular complexity index is 2000. The van der Waals surface area contributed by atoms with Crippen molar-refractivity contribution in [3.05, 3.63) is 105 Å². The maximum absolute atomic E-state index is 11.7. The lowest BCUT2D eigenvalue weighted by Crippen LogP contribution is -2.44. The number of halogens is 1. The molecule has 6 rings (SSSR count). The summed E-state index contributed by atoms with van der Waals surface area (Å²) in [7, 11) is 0. The summed E-state index contributed by atoms with van der Waals surface area (Å²) in [5.74, 6) is 1.72. The van der Waals surface area contributed by atoms with E-state index in [4.69, 9.17) is 25.8 Å². The molecule has 4 aromatic rings. The highest BCUT2D eigenvalue weighted by molar-refractivity contribution is 6.32. The molecule has 0 bridgehead atoms. The van der Waals surface area contributed by atoms with Crippen LogP contribution in [0.4, 0.5) is 0 Å². The third-order valence-electron chi connectivity index (χ3n) is 10.8. The predicted octanol–water partition coefficient (Wildman–Crippen LogP) is 6.44. The Kier molecular flexibility index (Phi) is 13.3. The minimum Gasteiger partial charge on any atom is -0.493 e. The fourth-order valence-electron chi connectivity index (χ4n) is 7.80. The molecule has 55 heavy (non-hydrogen) atoms. The van der Waals surface area contributed by atoms with Gasteiger partial charge in [-0.25, -0.2) is 0 Å². The van der Waals surface area contributed by atoms with Gasteiger partial charge >= 0.3 is 5.97 Å². The number of ether oxygens (including phenoxy) is 3. The van der Waals surface area contributed by atoms with E-state index in [1.807, 2.05) is 24.3 Å². The lowest BCUT2D eigenvalue weighted by atomic mass is 9.93. The molecule has 1 aliphatic heterocycles. The van der Waals surface area contributed by atoms with E-state index < -0.39 is 18.1 Å². The van der Waals surface area contributed by atoms with Crippen molar-refractivity contribution in [3.8, 4) is 34.4 Å². The average Bonchev–Trinajstić information content (AvgIpc) is 3.70. The summed E-state index contributed by atoms with van der Waals surface area (Å²) in [6, 6.07) is 18.1. The molecule has 1 saturated heterocycles. The first-order chi connectivity index (χ1) is 26.5. The Morgan fingerprint density at radius 1 is 0.964 bits per heavy atom. The van der Waals surface area contributed by atoms with Gasteiger partial charge in [0.25, 0.3) is 0 Å². The number of nitriles is 1. The number of hydrogen-bond donors (Lipinski definition) is 4.